The lowest BCUT2D eigenvalue weighted by atomic mass is 10.3. The second-order valence-electron chi connectivity index (χ2n) is 2.90. The molecular weight excluding hydrogens is 236 g/mol. The van der Waals surface area contributed by atoms with Gasteiger partial charge in [-0.3, -0.25) is 0 Å². The molecule has 0 aliphatic heterocycles. The van der Waals surface area contributed by atoms with Gasteiger partial charge < -0.3 is 10.5 Å². The molecule has 7 heteroatoms. The standard InChI is InChI=1S/C9H7F2N3OS/c10-6-2-1-5(3-7(6)11)15-4-8-13-14-9(12)16-8/h1-3H,4H2,(H2,12,14). The molecule has 1 heterocycles. The molecule has 0 amide bonds. The van der Waals surface area contributed by atoms with Crippen molar-refractivity contribution in [3.05, 3.63) is 34.8 Å². The van der Waals surface area contributed by atoms with E-state index in [-0.39, 0.29) is 12.4 Å². The summed E-state index contributed by atoms with van der Waals surface area (Å²) in [7, 11) is 0. The minimum absolute atomic E-state index is 0.125. The molecule has 4 nitrogen and oxygen atoms in total. The first kappa shape index (κ1) is 10.7. The Morgan fingerprint density at radius 2 is 2.06 bits per heavy atom. The molecule has 0 aliphatic rings. The maximum atomic E-state index is 12.8. The van der Waals surface area contributed by atoms with Gasteiger partial charge in [0.25, 0.3) is 0 Å². The highest BCUT2D eigenvalue weighted by atomic mass is 32.1. The summed E-state index contributed by atoms with van der Waals surface area (Å²) in [6.07, 6.45) is 0. The van der Waals surface area contributed by atoms with Crippen molar-refractivity contribution in [1.29, 1.82) is 0 Å². The fourth-order valence-electron chi connectivity index (χ4n) is 1.04. The number of benzene rings is 1. The fraction of sp³-hybridized carbons (Fsp3) is 0.111. The number of anilines is 1. The van der Waals surface area contributed by atoms with Gasteiger partial charge in [-0.25, -0.2) is 8.78 Å². The Morgan fingerprint density at radius 3 is 2.69 bits per heavy atom. The summed E-state index contributed by atoms with van der Waals surface area (Å²) < 4.78 is 30.6. The van der Waals surface area contributed by atoms with Crippen LogP contribution in [0.5, 0.6) is 5.75 Å². The topological polar surface area (TPSA) is 61.0 Å². The van der Waals surface area contributed by atoms with E-state index in [1.807, 2.05) is 0 Å². The van der Waals surface area contributed by atoms with Gasteiger partial charge in [0, 0.05) is 6.07 Å². The zero-order chi connectivity index (χ0) is 11.5. The summed E-state index contributed by atoms with van der Waals surface area (Å²) in [4.78, 5) is 0. The Morgan fingerprint density at radius 1 is 1.25 bits per heavy atom. The number of halogens is 2. The zero-order valence-corrected chi connectivity index (χ0v) is 8.80. The lowest BCUT2D eigenvalue weighted by molar-refractivity contribution is 0.301. The highest BCUT2D eigenvalue weighted by molar-refractivity contribution is 7.15. The van der Waals surface area contributed by atoms with Gasteiger partial charge in [-0.05, 0) is 12.1 Å². The molecule has 0 atom stereocenters. The largest absolute Gasteiger partial charge is 0.486 e. The van der Waals surface area contributed by atoms with Crippen LogP contribution in [0.2, 0.25) is 0 Å². The van der Waals surface area contributed by atoms with Crippen LogP contribution in [-0.4, -0.2) is 10.2 Å². The van der Waals surface area contributed by atoms with E-state index in [0.717, 1.165) is 12.1 Å². The van der Waals surface area contributed by atoms with Gasteiger partial charge in [0.15, 0.2) is 16.6 Å². The predicted molar refractivity (Wildman–Crippen MR) is 55.0 cm³/mol. The van der Waals surface area contributed by atoms with E-state index < -0.39 is 11.6 Å². The highest BCUT2D eigenvalue weighted by Gasteiger charge is 2.05. The monoisotopic (exact) mass is 243 g/mol. The van der Waals surface area contributed by atoms with Crippen LogP contribution in [0.4, 0.5) is 13.9 Å². The van der Waals surface area contributed by atoms with Crippen molar-refractivity contribution in [2.75, 3.05) is 5.73 Å². The Hall–Kier alpha value is -1.76. The van der Waals surface area contributed by atoms with Gasteiger partial charge >= 0.3 is 0 Å². The molecule has 2 aromatic rings. The molecule has 2 N–H and O–H groups in total. The van der Waals surface area contributed by atoms with Crippen LogP contribution in [0.1, 0.15) is 5.01 Å². The molecule has 0 radical (unpaired) electrons. The van der Waals surface area contributed by atoms with Crippen LogP contribution >= 0.6 is 11.3 Å². The third-order valence-electron chi connectivity index (χ3n) is 1.74. The molecular formula is C9H7F2N3OS. The molecule has 2 rings (SSSR count). The first-order valence-electron chi connectivity index (χ1n) is 4.31. The maximum Gasteiger partial charge on any atom is 0.203 e. The van der Waals surface area contributed by atoms with Crippen molar-refractivity contribution in [3.63, 3.8) is 0 Å². The molecule has 16 heavy (non-hydrogen) atoms. The van der Waals surface area contributed by atoms with Crippen molar-refractivity contribution in [1.82, 2.24) is 10.2 Å². The second kappa shape index (κ2) is 4.40. The van der Waals surface area contributed by atoms with Gasteiger partial charge in [-0.1, -0.05) is 11.3 Å². The summed E-state index contributed by atoms with van der Waals surface area (Å²) in [6, 6.07) is 3.31. The quantitative estimate of drug-likeness (QED) is 0.895. The number of nitrogens with zero attached hydrogens (tertiary/aromatic N) is 2. The van der Waals surface area contributed by atoms with E-state index >= 15 is 0 Å². The van der Waals surface area contributed by atoms with Crippen molar-refractivity contribution >= 4 is 16.5 Å². The molecule has 1 aromatic carbocycles. The van der Waals surface area contributed by atoms with Crippen LogP contribution in [0.15, 0.2) is 18.2 Å². The molecule has 0 aliphatic carbocycles. The molecule has 0 spiro atoms. The summed E-state index contributed by atoms with van der Waals surface area (Å²) in [5.41, 5.74) is 5.37. The first-order valence-corrected chi connectivity index (χ1v) is 5.12. The molecule has 0 fully saturated rings. The Labute approximate surface area is 93.7 Å². The number of aromatic nitrogens is 2. The average molecular weight is 243 g/mol. The van der Waals surface area contributed by atoms with Crippen molar-refractivity contribution < 1.29 is 13.5 Å². The fourth-order valence-corrected chi connectivity index (χ4v) is 1.56. The predicted octanol–water partition coefficient (Wildman–Crippen LogP) is 1.98. The molecule has 1 aromatic heterocycles. The molecule has 0 saturated heterocycles. The molecule has 0 saturated carbocycles. The first-order chi connectivity index (χ1) is 7.65. The van der Waals surface area contributed by atoms with E-state index in [4.69, 9.17) is 10.5 Å². The van der Waals surface area contributed by atoms with Crippen molar-refractivity contribution in [2.24, 2.45) is 0 Å². The number of nitrogens with two attached hydrogens (primary N) is 1. The third-order valence-corrected chi connectivity index (χ3v) is 2.46. The van der Waals surface area contributed by atoms with Crippen molar-refractivity contribution in [3.8, 4) is 5.75 Å². The summed E-state index contributed by atoms with van der Waals surface area (Å²) in [5, 5.41) is 8.22. The van der Waals surface area contributed by atoms with Crippen LogP contribution in [0.25, 0.3) is 0 Å². The number of hydrogen-bond acceptors (Lipinski definition) is 5. The number of hydrogen-bond donors (Lipinski definition) is 1. The van der Waals surface area contributed by atoms with Crippen LogP contribution < -0.4 is 10.5 Å². The van der Waals surface area contributed by atoms with E-state index in [1.54, 1.807) is 0 Å². The van der Waals surface area contributed by atoms with Gasteiger partial charge in [-0.2, -0.15) is 0 Å². The Bertz CT molecular complexity index is 503. The highest BCUT2D eigenvalue weighted by Crippen LogP contribution is 2.18. The zero-order valence-electron chi connectivity index (χ0n) is 7.98. The van der Waals surface area contributed by atoms with Crippen LogP contribution in [0, 0.1) is 11.6 Å². The van der Waals surface area contributed by atoms with E-state index in [2.05, 4.69) is 10.2 Å². The maximum absolute atomic E-state index is 12.8. The van der Waals surface area contributed by atoms with Gasteiger partial charge in [0.05, 0.1) is 0 Å². The lowest BCUT2D eigenvalue weighted by Crippen LogP contribution is -1.96. The molecule has 0 unspecified atom stereocenters. The second-order valence-corrected chi connectivity index (χ2v) is 3.99. The Kier molecular flexibility index (Phi) is 2.95. The molecule has 0 bridgehead atoms. The SMILES string of the molecule is Nc1nnc(COc2ccc(F)c(F)c2)s1. The number of nitrogen functional groups attached to an aromatic ring is 1. The van der Waals surface area contributed by atoms with Gasteiger partial charge in [-0.15, -0.1) is 10.2 Å². The summed E-state index contributed by atoms with van der Waals surface area (Å²) >= 11 is 1.18. The Balaban J connectivity index is 2.02. The molecule has 84 valence electrons. The van der Waals surface area contributed by atoms with Crippen molar-refractivity contribution in [2.45, 2.75) is 6.61 Å². The smallest absolute Gasteiger partial charge is 0.203 e. The van der Waals surface area contributed by atoms with E-state index in [9.17, 15) is 8.78 Å². The summed E-state index contributed by atoms with van der Waals surface area (Å²) in [6.45, 7) is 0.125. The van der Waals surface area contributed by atoms with E-state index in [1.165, 1.54) is 17.4 Å². The number of ether oxygens (including phenoxy) is 1. The van der Waals surface area contributed by atoms with E-state index in [0.29, 0.717) is 10.1 Å². The van der Waals surface area contributed by atoms with Crippen LogP contribution in [-0.2, 0) is 6.61 Å². The minimum atomic E-state index is -0.950. The number of rotatable bonds is 3. The lowest BCUT2D eigenvalue weighted by Gasteiger charge is -2.03. The van der Waals surface area contributed by atoms with Gasteiger partial charge in [0.2, 0.25) is 5.13 Å². The normalized spacial score (nSPS) is 10.4. The minimum Gasteiger partial charge on any atom is -0.486 e. The van der Waals surface area contributed by atoms with Crippen LogP contribution in [0.3, 0.4) is 0 Å². The third kappa shape index (κ3) is 2.43. The summed E-state index contributed by atoms with van der Waals surface area (Å²) in [5.74, 6) is -1.63. The van der Waals surface area contributed by atoms with Gasteiger partial charge in [0.1, 0.15) is 12.4 Å². The average Bonchev–Trinajstić information content (AvgIpc) is 2.66.